The molecule has 1 fully saturated rings. The van der Waals surface area contributed by atoms with Crippen molar-refractivity contribution >= 4 is 34.2 Å². The number of rotatable bonds is 3. The zero-order valence-corrected chi connectivity index (χ0v) is 10.0. The van der Waals surface area contributed by atoms with Crippen LogP contribution >= 0.6 is 28.3 Å². The fraction of sp³-hybridized carbons (Fsp3) is 0.625. The lowest BCUT2D eigenvalue weighted by Crippen LogP contribution is -2.40. The molecule has 1 aliphatic rings. The van der Waals surface area contributed by atoms with Crippen molar-refractivity contribution in [2.45, 2.75) is 18.6 Å². The van der Waals surface area contributed by atoms with Crippen LogP contribution in [-0.2, 0) is 4.79 Å². The van der Waals surface area contributed by atoms with Gasteiger partial charge in [-0.3, -0.25) is 4.79 Å². The lowest BCUT2D eigenvalue weighted by atomic mass is 10.2. The van der Waals surface area contributed by atoms with E-state index in [0.29, 0.717) is 19.5 Å². The Kier molecular flexibility index (Phi) is 6.35. The molecule has 0 saturated carbocycles. The second kappa shape index (κ2) is 6.40. The molecule has 1 amide bonds. The van der Waals surface area contributed by atoms with Crippen molar-refractivity contribution in [2.24, 2.45) is 0 Å². The molecule has 0 spiro atoms. The largest absolute Gasteiger partial charge is 0.392 e. The minimum Gasteiger partial charge on any atom is -0.392 e. The third-order valence-electron chi connectivity index (χ3n) is 1.88. The number of halogens is 2. The average Bonchev–Trinajstić information content (AvgIpc) is 2.47. The van der Waals surface area contributed by atoms with E-state index in [1.165, 1.54) is 0 Å². The van der Waals surface area contributed by atoms with Crippen LogP contribution in [0, 0.1) is 0 Å². The van der Waals surface area contributed by atoms with Crippen LogP contribution in [0.1, 0.15) is 6.42 Å². The van der Waals surface area contributed by atoms with Crippen LogP contribution in [-0.4, -0.2) is 36.2 Å². The highest BCUT2D eigenvalue weighted by Crippen LogP contribution is 2.06. The number of aliphatic hydroxyl groups is 1. The first kappa shape index (κ1) is 13.9. The molecule has 1 rings (SSSR count). The molecule has 1 saturated heterocycles. The highest BCUT2D eigenvalue weighted by molar-refractivity contribution is 9.11. The molecule has 2 atom stereocenters. The molecular weight excluding hydrogens is 271 g/mol. The number of carbonyl (C=O) groups is 1. The molecule has 0 aromatic rings. The Balaban J connectivity index is 0.00000169. The fourth-order valence-electron chi connectivity index (χ4n) is 1.22. The molecule has 0 aliphatic carbocycles. The van der Waals surface area contributed by atoms with Gasteiger partial charge in [0.2, 0.25) is 5.91 Å². The third-order valence-corrected chi connectivity index (χ3v) is 2.16. The van der Waals surface area contributed by atoms with Crippen molar-refractivity contribution in [3.63, 3.8) is 0 Å². The van der Waals surface area contributed by atoms with Crippen LogP contribution in [0.4, 0.5) is 0 Å². The Morgan fingerprint density at radius 2 is 2.36 bits per heavy atom. The van der Waals surface area contributed by atoms with E-state index in [9.17, 15) is 4.79 Å². The molecular formula is C8H14BrClN2O2. The van der Waals surface area contributed by atoms with Crippen molar-refractivity contribution in [2.75, 3.05) is 13.1 Å². The number of hydrogen-bond donors (Lipinski definition) is 3. The van der Waals surface area contributed by atoms with E-state index in [-0.39, 0.29) is 24.4 Å². The first-order chi connectivity index (χ1) is 6.09. The SMILES string of the molecule is C=C(Br)CNC(=O)[C@H]1C[C@H](O)CN1.Cl. The molecule has 1 aliphatic heterocycles. The molecule has 4 nitrogen and oxygen atoms in total. The van der Waals surface area contributed by atoms with E-state index in [4.69, 9.17) is 5.11 Å². The van der Waals surface area contributed by atoms with Gasteiger partial charge in [0, 0.05) is 17.6 Å². The lowest BCUT2D eigenvalue weighted by Gasteiger charge is -2.09. The number of hydrogen-bond acceptors (Lipinski definition) is 3. The monoisotopic (exact) mass is 284 g/mol. The standard InChI is InChI=1S/C8H13BrN2O2.ClH/c1-5(9)3-11-8(13)7-2-6(12)4-10-7;/h6-7,10,12H,1-4H2,(H,11,13);1H/t6-,7+;/m0./s1. The van der Waals surface area contributed by atoms with Gasteiger partial charge in [0.15, 0.2) is 0 Å². The predicted octanol–water partition coefficient (Wildman–Crippen LogP) is 0.156. The maximum Gasteiger partial charge on any atom is 0.237 e. The predicted molar refractivity (Wildman–Crippen MR) is 60.7 cm³/mol. The summed E-state index contributed by atoms with van der Waals surface area (Å²) in [5, 5.41) is 14.8. The molecule has 0 radical (unpaired) electrons. The maximum atomic E-state index is 11.3. The Morgan fingerprint density at radius 3 is 2.79 bits per heavy atom. The summed E-state index contributed by atoms with van der Waals surface area (Å²) in [4.78, 5) is 11.3. The molecule has 0 aromatic carbocycles. The summed E-state index contributed by atoms with van der Waals surface area (Å²) in [6, 6.07) is -0.262. The molecule has 0 aromatic heterocycles. The van der Waals surface area contributed by atoms with Gasteiger partial charge in [-0.15, -0.1) is 12.4 Å². The van der Waals surface area contributed by atoms with Gasteiger partial charge < -0.3 is 15.7 Å². The van der Waals surface area contributed by atoms with E-state index >= 15 is 0 Å². The number of β-amino-alcohol motifs (C(OH)–C–C–N with tert-alkyl or cyclic N) is 1. The Hall–Kier alpha value is -0.100. The number of nitrogens with one attached hydrogen (secondary N) is 2. The summed E-state index contributed by atoms with van der Waals surface area (Å²) in [6.45, 7) is 4.52. The zero-order chi connectivity index (χ0) is 9.84. The lowest BCUT2D eigenvalue weighted by molar-refractivity contribution is -0.122. The Morgan fingerprint density at radius 1 is 1.71 bits per heavy atom. The van der Waals surface area contributed by atoms with Gasteiger partial charge in [0.1, 0.15) is 0 Å². The van der Waals surface area contributed by atoms with Crippen LogP contribution in [0.5, 0.6) is 0 Å². The molecule has 6 heteroatoms. The van der Waals surface area contributed by atoms with E-state index < -0.39 is 6.10 Å². The summed E-state index contributed by atoms with van der Waals surface area (Å²) in [5.41, 5.74) is 0. The van der Waals surface area contributed by atoms with Crippen molar-refractivity contribution in [1.82, 2.24) is 10.6 Å². The Bertz CT molecular complexity index is 225. The van der Waals surface area contributed by atoms with Gasteiger partial charge in [-0.05, 0) is 6.42 Å². The topological polar surface area (TPSA) is 61.4 Å². The van der Waals surface area contributed by atoms with Crippen molar-refractivity contribution in [1.29, 1.82) is 0 Å². The van der Waals surface area contributed by atoms with Crippen LogP contribution < -0.4 is 10.6 Å². The summed E-state index contributed by atoms with van der Waals surface area (Å²) >= 11 is 3.14. The molecule has 3 N–H and O–H groups in total. The number of amides is 1. The molecule has 0 unspecified atom stereocenters. The molecule has 1 heterocycles. The van der Waals surface area contributed by atoms with Crippen LogP contribution in [0.3, 0.4) is 0 Å². The van der Waals surface area contributed by atoms with E-state index in [1.54, 1.807) is 0 Å². The van der Waals surface area contributed by atoms with Crippen molar-refractivity contribution in [3.8, 4) is 0 Å². The van der Waals surface area contributed by atoms with Gasteiger partial charge in [-0.25, -0.2) is 0 Å². The van der Waals surface area contributed by atoms with Crippen LogP contribution in [0.25, 0.3) is 0 Å². The first-order valence-electron chi connectivity index (χ1n) is 4.12. The number of aliphatic hydroxyl groups excluding tert-OH is 1. The molecule has 82 valence electrons. The van der Waals surface area contributed by atoms with E-state index in [1.807, 2.05) is 0 Å². The van der Waals surface area contributed by atoms with E-state index in [2.05, 4.69) is 33.1 Å². The summed E-state index contributed by atoms with van der Waals surface area (Å²) in [7, 11) is 0. The smallest absolute Gasteiger partial charge is 0.237 e. The van der Waals surface area contributed by atoms with Gasteiger partial charge in [0.05, 0.1) is 12.1 Å². The van der Waals surface area contributed by atoms with Gasteiger partial charge in [-0.1, -0.05) is 22.5 Å². The summed E-state index contributed by atoms with van der Waals surface area (Å²) < 4.78 is 0.736. The first-order valence-corrected chi connectivity index (χ1v) is 4.91. The zero-order valence-electron chi connectivity index (χ0n) is 7.62. The maximum absolute atomic E-state index is 11.3. The second-order valence-electron chi connectivity index (χ2n) is 3.09. The van der Waals surface area contributed by atoms with Gasteiger partial charge in [0.25, 0.3) is 0 Å². The summed E-state index contributed by atoms with van der Waals surface area (Å²) in [6.07, 6.45) is 0.0866. The average molecular weight is 286 g/mol. The third kappa shape index (κ3) is 4.41. The summed E-state index contributed by atoms with van der Waals surface area (Å²) in [5.74, 6) is -0.0860. The van der Waals surface area contributed by atoms with E-state index in [0.717, 1.165) is 4.48 Å². The van der Waals surface area contributed by atoms with Crippen molar-refractivity contribution in [3.05, 3.63) is 11.1 Å². The second-order valence-corrected chi connectivity index (χ2v) is 4.21. The molecule has 0 bridgehead atoms. The highest BCUT2D eigenvalue weighted by Gasteiger charge is 2.27. The van der Waals surface area contributed by atoms with Gasteiger partial charge >= 0.3 is 0 Å². The Labute approximate surface area is 97.7 Å². The molecule has 14 heavy (non-hydrogen) atoms. The highest BCUT2D eigenvalue weighted by atomic mass is 79.9. The minimum atomic E-state index is -0.400. The number of carbonyl (C=O) groups excluding carboxylic acids is 1. The van der Waals surface area contributed by atoms with Crippen LogP contribution in [0.15, 0.2) is 11.1 Å². The van der Waals surface area contributed by atoms with Crippen molar-refractivity contribution < 1.29 is 9.90 Å². The normalized spacial score (nSPS) is 25.3. The minimum absolute atomic E-state index is 0. The quantitative estimate of drug-likeness (QED) is 0.692. The van der Waals surface area contributed by atoms with Crippen LogP contribution in [0.2, 0.25) is 0 Å². The fourth-order valence-corrected chi connectivity index (χ4v) is 1.36. The van der Waals surface area contributed by atoms with Gasteiger partial charge in [-0.2, -0.15) is 0 Å².